The van der Waals surface area contributed by atoms with Crippen molar-refractivity contribution in [2.45, 2.75) is 34.1 Å². The Morgan fingerprint density at radius 1 is 1.20 bits per heavy atom. The van der Waals surface area contributed by atoms with E-state index in [2.05, 4.69) is 24.1 Å². The van der Waals surface area contributed by atoms with Gasteiger partial charge in [0.1, 0.15) is 0 Å². The summed E-state index contributed by atoms with van der Waals surface area (Å²) in [5.74, 6) is 1.08. The van der Waals surface area contributed by atoms with Crippen LogP contribution in [0.5, 0.6) is 0 Å². The maximum atomic E-state index is 12.4. The Hall–Kier alpha value is -1.88. The van der Waals surface area contributed by atoms with Crippen LogP contribution in [0.3, 0.4) is 0 Å². The van der Waals surface area contributed by atoms with Gasteiger partial charge in [0.25, 0.3) is 0 Å². The molecule has 0 radical (unpaired) electrons. The smallest absolute Gasteiger partial charge is 0.243 e. The molecule has 138 valence electrons. The van der Waals surface area contributed by atoms with Crippen molar-refractivity contribution in [2.75, 3.05) is 38.5 Å². The summed E-state index contributed by atoms with van der Waals surface area (Å²) in [4.78, 5) is 28.4. The summed E-state index contributed by atoms with van der Waals surface area (Å²) >= 11 is 0. The fourth-order valence-electron chi connectivity index (χ4n) is 3.60. The second kappa shape index (κ2) is 8.48. The number of nitrogens with zero attached hydrogens (tertiary/aromatic N) is 2. The van der Waals surface area contributed by atoms with Gasteiger partial charge in [-0.1, -0.05) is 26.0 Å². The van der Waals surface area contributed by atoms with E-state index < -0.39 is 0 Å². The maximum Gasteiger partial charge on any atom is 0.243 e. The number of likely N-dealkylation sites (N-methyl/N-ethyl adjacent to an activating group) is 1. The SMILES string of the molecule is Cc1ccc(C)c(NC(=O)CN(C)C(=O)CN2C[C@H](C)C[C@@H](C)C2)c1. The number of aryl methyl sites for hydroxylation is 2. The zero-order chi connectivity index (χ0) is 18.6. The minimum absolute atomic E-state index is 0.00239. The lowest BCUT2D eigenvalue weighted by atomic mass is 9.92. The van der Waals surface area contributed by atoms with Gasteiger partial charge in [-0.05, 0) is 49.3 Å². The Balaban J connectivity index is 1.85. The molecule has 1 aromatic rings. The van der Waals surface area contributed by atoms with Crippen LogP contribution in [0.25, 0.3) is 0 Å². The van der Waals surface area contributed by atoms with E-state index in [1.807, 2.05) is 32.0 Å². The highest BCUT2D eigenvalue weighted by atomic mass is 16.2. The standard InChI is InChI=1S/C20H31N3O2/c1-14-6-7-17(4)18(9-14)21-19(24)12-22(5)20(25)13-23-10-15(2)8-16(3)11-23/h6-7,9,15-16H,8,10-13H2,1-5H3,(H,21,24)/t15-,16-/m1/s1. The molecule has 5 heteroatoms. The summed E-state index contributed by atoms with van der Waals surface area (Å²) in [6.45, 7) is 10.8. The van der Waals surface area contributed by atoms with E-state index >= 15 is 0 Å². The number of rotatable bonds is 5. The Morgan fingerprint density at radius 2 is 1.84 bits per heavy atom. The van der Waals surface area contributed by atoms with Gasteiger partial charge < -0.3 is 10.2 Å². The van der Waals surface area contributed by atoms with Gasteiger partial charge in [0.05, 0.1) is 13.1 Å². The van der Waals surface area contributed by atoms with Crippen molar-refractivity contribution >= 4 is 17.5 Å². The molecule has 0 unspecified atom stereocenters. The molecule has 1 aromatic carbocycles. The van der Waals surface area contributed by atoms with E-state index in [1.165, 1.54) is 11.3 Å². The predicted octanol–water partition coefficient (Wildman–Crippen LogP) is 2.68. The minimum atomic E-state index is -0.162. The van der Waals surface area contributed by atoms with Gasteiger partial charge in [-0.2, -0.15) is 0 Å². The number of hydrogen-bond acceptors (Lipinski definition) is 3. The molecule has 1 aliphatic rings. The number of benzene rings is 1. The molecule has 2 rings (SSSR count). The zero-order valence-electron chi connectivity index (χ0n) is 16.1. The van der Waals surface area contributed by atoms with Crippen molar-refractivity contribution in [3.05, 3.63) is 29.3 Å². The number of carbonyl (C=O) groups is 2. The molecule has 2 atom stereocenters. The molecule has 5 nitrogen and oxygen atoms in total. The summed E-state index contributed by atoms with van der Waals surface area (Å²) in [5.41, 5.74) is 2.92. The lowest BCUT2D eigenvalue weighted by molar-refractivity contribution is -0.134. The highest BCUT2D eigenvalue weighted by Gasteiger charge is 2.24. The van der Waals surface area contributed by atoms with E-state index in [1.54, 1.807) is 7.05 Å². The minimum Gasteiger partial charge on any atom is -0.335 e. The van der Waals surface area contributed by atoms with Crippen molar-refractivity contribution in [3.8, 4) is 0 Å². The van der Waals surface area contributed by atoms with Crippen LogP contribution in [0.4, 0.5) is 5.69 Å². The molecule has 1 heterocycles. The Labute approximate surface area is 151 Å². The second-order valence-electron chi connectivity index (χ2n) is 7.76. The largest absolute Gasteiger partial charge is 0.335 e. The van der Waals surface area contributed by atoms with Crippen molar-refractivity contribution in [1.29, 1.82) is 0 Å². The van der Waals surface area contributed by atoms with Crippen LogP contribution in [0.2, 0.25) is 0 Å². The van der Waals surface area contributed by atoms with Crippen LogP contribution in [0, 0.1) is 25.7 Å². The molecule has 1 fully saturated rings. The first-order chi connectivity index (χ1) is 11.7. The summed E-state index contributed by atoms with van der Waals surface area (Å²) in [6.07, 6.45) is 1.22. The van der Waals surface area contributed by atoms with Gasteiger partial charge >= 0.3 is 0 Å². The number of hydrogen-bond donors (Lipinski definition) is 1. The third-order valence-corrected chi connectivity index (χ3v) is 4.78. The van der Waals surface area contributed by atoms with E-state index in [4.69, 9.17) is 0 Å². The van der Waals surface area contributed by atoms with Crippen molar-refractivity contribution in [3.63, 3.8) is 0 Å². The highest BCUT2D eigenvalue weighted by molar-refractivity contribution is 5.95. The predicted molar refractivity (Wildman–Crippen MR) is 102 cm³/mol. The fraction of sp³-hybridized carbons (Fsp3) is 0.600. The first-order valence-corrected chi connectivity index (χ1v) is 9.08. The molecule has 1 saturated heterocycles. The van der Waals surface area contributed by atoms with Crippen LogP contribution in [0.1, 0.15) is 31.4 Å². The van der Waals surface area contributed by atoms with Crippen molar-refractivity contribution in [1.82, 2.24) is 9.80 Å². The molecule has 0 aliphatic carbocycles. The number of anilines is 1. The average Bonchev–Trinajstić information content (AvgIpc) is 2.49. The van der Waals surface area contributed by atoms with E-state index in [0.29, 0.717) is 18.4 Å². The van der Waals surface area contributed by atoms with Gasteiger partial charge in [0.2, 0.25) is 11.8 Å². The monoisotopic (exact) mass is 345 g/mol. The molecule has 25 heavy (non-hydrogen) atoms. The maximum absolute atomic E-state index is 12.4. The van der Waals surface area contributed by atoms with Gasteiger partial charge in [0.15, 0.2) is 0 Å². The second-order valence-corrected chi connectivity index (χ2v) is 7.76. The van der Waals surface area contributed by atoms with Gasteiger partial charge in [-0.15, -0.1) is 0 Å². The summed E-state index contributed by atoms with van der Waals surface area (Å²) in [6, 6.07) is 5.95. The zero-order valence-corrected chi connectivity index (χ0v) is 16.1. The van der Waals surface area contributed by atoms with E-state index in [0.717, 1.165) is 29.9 Å². The molecule has 1 aliphatic heterocycles. The molecule has 0 bridgehead atoms. The number of carbonyl (C=O) groups excluding carboxylic acids is 2. The van der Waals surface area contributed by atoms with Crippen molar-refractivity contribution in [2.24, 2.45) is 11.8 Å². The Kier molecular flexibility index (Phi) is 6.59. The van der Waals surface area contributed by atoms with Gasteiger partial charge in [0, 0.05) is 25.8 Å². The molecular formula is C20H31N3O2. The molecular weight excluding hydrogens is 314 g/mol. The number of nitrogens with one attached hydrogen (secondary N) is 1. The third kappa shape index (κ3) is 5.85. The van der Waals surface area contributed by atoms with Crippen LogP contribution in [-0.2, 0) is 9.59 Å². The van der Waals surface area contributed by atoms with Crippen LogP contribution >= 0.6 is 0 Å². The topological polar surface area (TPSA) is 52.7 Å². The quantitative estimate of drug-likeness (QED) is 0.893. The third-order valence-electron chi connectivity index (χ3n) is 4.78. The van der Waals surface area contributed by atoms with Crippen molar-refractivity contribution < 1.29 is 9.59 Å². The first-order valence-electron chi connectivity index (χ1n) is 9.08. The number of likely N-dealkylation sites (tertiary alicyclic amines) is 1. The Bertz CT molecular complexity index is 619. The summed E-state index contributed by atoms with van der Waals surface area (Å²) in [5, 5.41) is 2.91. The van der Waals surface area contributed by atoms with E-state index in [-0.39, 0.29) is 18.4 Å². The normalized spacial score (nSPS) is 21.0. The molecule has 0 spiro atoms. The highest BCUT2D eigenvalue weighted by Crippen LogP contribution is 2.20. The molecule has 0 saturated carbocycles. The number of amides is 2. The molecule has 0 aromatic heterocycles. The fourth-order valence-corrected chi connectivity index (χ4v) is 3.60. The lowest BCUT2D eigenvalue weighted by Gasteiger charge is -2.35. The van der Waals surface area contributed by atoms with Gasteiger partial charge in [-0.25, -0.2) is 0 Å². The van der Waals surface area contributed by atoms with Crippen LogP contribution in [-0.4, -0.2) is 54.8 Å². The van der Waals surface area contributed by atoms with Crippen LogP contribution < -0.4 is 5.32 Å². The molecule has 1 N–H and O–H groups in total. The summed E-state index contributed by atoms with van der Waals surface area (Å²) in [7, 11) is 1.70. The average molecular weight is 345 g/mol. The Morgan fingerprint density at radius 3 is 2.48 bits per heavy atom. The van der Waals surface area contributed by atoms with E-state index in [9.17, 15) is 9.59 Å². The number of piperidine rings is 1. The lowest BCUT2D eigenvalue weighted by Crippen LogP contribution is -2.46. The molecule has 2 amide bonds. The first kappa shape index (κ1) is 19.4. The van der Waals surface area contributed by atoms with Crippen LogP contribution in [0.15, 0.2) is 18.2 Å². The van der Waals surface area contributed by atoms with Gasteiger partial charge in [-0.3, -0.25) is 14.5 Å². The summed E-state index contributed by atoms with van der Waals surface area (Å²) < 4.78 is 0.